The fourth-order valence-electron chi connectivity index (χ4n) is 5.02. The van der Waals surface area contributed by atoms with Crippen LogP contribution in [0.4, 0.5) is 4.39 Å². The van der Waals surface area contributed by atoms with Crippen LogP contribution in [0.1, 0.15) is 71.1 Å². The summed E-state index contributed by atoms with van der Waals surface area (Å²) in [6.45, 7) is 0.314. The number of nitrogens with zero attached hydrogens (tertiary/aromatic N) is 4. The zero-order valence-corrected chi connectivity index (χ0v) is 22.4. The van der Waals surface area contributed by atoms with Crippen LogP contribution in [-0.4, -0.2) is 42.0 Å². The Morgan fingerprint density at radius 3 is 2.53 bits per heavy atom. The van der Waals surface area contributed by atoms with Crippen LogP contribution in [0.2, 0.25) is 10.0 Å². The number of carboxylic acids is 1. The Hall–Kier alpha value is -2.63. The Morgan fingerprint density at radius 1 is 1.16 bits per heavy atom. The molecule has 198 valence electrons. The van der Waals surface area contributed by atoms with E-state index in [1.54, 1.807) is 4.68 Å². The molecule has 2 fully saturated rings. The number of pyridine rings is 1. The number of aromatic nitrogens is 4. The second-order valence-corrected chi connectivity index (χ2v) is 11.7. The summed E-state index contributed by atoms with van der Waals surface area (Å²) in [4.78, 5) is 19.6. The SMILES string of the molecule is O=C(O)c1cc(F)c2nc(C3(O)CCC(OCc4c(C5CC5)cnn4-c4c(Cl)cncc4Cl)CC3)sc2c1. The third-order valence-corrected chi connectivity index (χ3v) is 9.02. The van der Waals surface area contributed by atoms with Crippen LogP contribution < -0.4 is 0 Å². The zero-order valence-electron chi connectivity index (χ0n) is 20.0. The van der Waals surface area contributed by atoms with Crippen LogP contribution in [0.25, 0.3) is 15.9 Å². The maximum atomic E-state index is 14.5. The summed E-state index contributed by atoms with van der Waals surface area (Å²) in [6.07, 6.45) is 8.97. The molecule has 3 heterocycles. The first kappa shape index (κ1) is 25.6. The number of thiazole rings is 1. The molecule has 0 amide bonds. The van der Waals surface area contributed by atoms with E-state index < -0.39 is 17.4 Å². The lowest BCUT2D eigenvalue weighted by atomic mass is 9.83. The first-order chi connectivity index (χ1) is 18.2. The lowest BCUT2D eigenvalue weighted by molar-refractivity contribution is -0.0648. The Bertz CT molecular complexity index is 1530. The molecule has 0 radical (unpaired) electrons. The lowest BCUT2D eigenvalue weighted by Crippen LogP contribution is -2.34. The lowest BCUT2D eigenvalue weighted by Gasteiger charge is -2.34. The highest BCUT2D eigenvalue weighted by Gasteiger charge is 2.39. The molecule has 2 aliphatic carbocycles. The van der Waals surface area contributed by atoms with Crippen molar-refractivity contribution in [1.29, 1.82) is 0 Å². The average Bonchev–Trinajstić information content (AvgIpc) is 3.48. The van der Waals surface area contributed by atoms with Gasteiger partial charge in [0.2, 0.25) is 0 Å². The molecule has 8 nitrogen and oxygen atoms in total. The zero-order chi connectivity index (χ0) is 26.6. The third-order valence-electron chi connectivity index (χ3n) is 7.27. The van der Waals surface area contributed by atoms with Gasteiger partial charge in [-0.25, -0.2) is 18.9 Å². The van der Waals surface area contributed by atoms with E-state index in [4.69, 9.17) is 27.9 Å². The number of hydrogen-bond acceptors (Lipinski definition) is 7. The number of carboxylic acid groups (broad SMARTS) is 1. The quantitative estimate of drug-likeness (QED) is 0.267. The molecule has 2 saturated carbocycles. The number of halogens is 3. The predicted octanol–water partition coefficient (Wildman–Crippen LogP) is 6.25. The molecular formula is C26H23Cl2FN4O4S. The van der Waals surface area contributed by atoms with E-state index in [9.17, 15) is 19.4 Å². The van der Waals surface area contributed by atoms with Crippen molar-refractivity contribution in [1.82, 2.24) is 19.7 Å². The fourth-order valence-corrected chi connectivity index (χ4v) is 6.71. The van der Waals surface area contributed by atoms with Gasteiger partial charge in [-0.2, -0.15) is 5.10 Å². The van der Waals surface area contributed by atoms with Gasteiger partial charge in [0.25, 0.3) is 0 Å². The molecule has 0 unspecified atom stereocenters. The molecule has 1 aromatic carbocycles. The number of hydrogen-bond donors (Lipinski definition) is 2. The highest BCUT2D eigenvalue weighted by atomic mass is 35.5. The van der Waals surface area contributed by atoms with Crippen LogP contribution in [0.3, 0.4) is 0 Å². The number of fused-ring (bicyclic) bond motifs is 1. The van der Waals surface area contributed by atoms with Crippen molar-refractivity contribution < 1.29 is 24.1 Å². The van der Waals surface area contributed by atoms with Crippen molar-refractivity contribution in [3.8, 4) is 5.69 Å². The predicted molar refractivity (Wildman–Crippen MR) is 141 cm³/mol. The highest BCUT2D eigenvalue weighted by Crippen LogP contribution is 2.44. The van der Waals surface area contributed by atoms with E-state index in [1.165, 1.54) is 18.5 Å². The molecule has 2 N–H and O–H groups in total. The fraction of sp³-hybridized carbons (Fsp3) is 0.385. The van der Waals surface area contributed by atoms with Crippen LogP contribution in [0, 0.1) is 5.82 Å². The van der Waals surface area contributed by atoms with E-state index >= 15 is 0 Å². The topological polar surface area (TPSA) is 110 Å². The van der Waals surface area contributed by atoms with Gasteiger partial charge in [-0.15, -0.1) is 11.3 Å². The van der Waals surface area contributed by atoms with E-state index in [2.05, 4.69) is 15.1 Å². The first-order valence-electron chi connectivity index (χ1n) is 12.3. The highest BCUT2D eigenvalue weighted by molar-refractivity contribution is 7.18. The summed E-state index contributed by atoms with van der Waals surface area (Å²) in [5.41, 5.74) is 1.31. The molecule has 4 aromatic rings. The van der Waals surface area contributed by atoms with Gasteiger partial charge in [0.1, 0.15) is 21.8 Å². The molecule has 0 bridgehead atoms. The maximum absolute atomic E-state index is 14.5. The molecule has 3 aromatic heterocycles. The molecule has 38 heavy (non-hydrogen) atoms. The van der Waals surface area contributed by atoms with Gasteiger partial charge in [-0.3, -0.25) is 4.98 Å². The van der Waals surface area contributed by atoms with Crippen LogP contribution in [-0.2, 0) is 16.9 Å². The molecule has 6 rings (SSSR count). The number of carbonyl (C=O) groups is 1. The van der Waals surface area contributed by atoms with Crippen molar-refractivity contribution in [2.75, 3.05) is 0 Å². The van der Waals surface area contributed by atoms with Crippen LogP contribution in [0.5, 0.6) is 0 Å². The Balaban J connectivity index is 1.18. The molecule has 0 spiro atoms. The number of ether oxygens (including phenoxy) is 1. The van der Waals surface area contributed by atoms with Gasteiger partial charge >= 0.3 is 5.97 Å². The minimum Gasteiger partial charge on any atom is -0.478 e. The Kier molecular flexibility index (Phi) is 6.64. The summed E-state index contributed by atoms with van der Waals surface area (Å²) in [6, 6.07) is 2.35. The standard InChI is InChI=1S/C26H23Cl2FN4O4S/c27-17-10-30-11-18(28)23(17)33-20(16(9-31-33)13-1-2-13)12-37-15-3-5-26(36,6-4-15)25-32-22-19(29)7-14(24(34)35)8-21(22)38-25/h7-11,13,15,36H,1-6,12H2,(H,34,35). The van der Waals surface area contributed by atoms with Gasteiger partial charge < -0.3 is 14.9 Å². The van der Waals surface area contributed by atoms with Gasteiger partial charge in [0.15, 0.2) is 5.82 Å². The van der Waals surface area contributed by atoms with Crippen molar-refractivity contribution >= 4 is 50.7 Å². The monoisotopic (exact) mass is 576 g/mol. The number of aromatic carboxylic acids is 1. The minimum atomic E-state index is -1.22. The number of aliphatic hydroxyl groups is 1. The Morgan fingerprint density at radius 2 is 1.87 bits per heavy atom. The summed E-state index contributed by atoms with van der Waals surface area (Å²) >= 11 is 13.9. The largest absolute Gasteiger partial charge is 0.478 e. The average molecular weight is 577 g/mol. The van der Waals surface area contributed by atoms with E-state index in [0.717, 1.165) is 41.5 Å². The Labute approximate surface area is 231 Å². The summed E-state index contributed by atoms with van der Waals surface area (Å²) < 4.78 is 22.9. The van der Waals surface area contributed by atoms with Crippen molar-refractivity contribution in [2.24, 2.45) is 0 Å². The maximum Gasteiger partial charge on any atom is 0.335 e. The normalized spacial score (nSPS) is 21.7. The van der Waals surface area contributed by atoms with Crippen LogP contribution >= 0.6 is 34.5 Å². The number of benzene rings is 1. The third kappa shape index (κ3) is 4.69. The van der Waals surface area contributed by atoms with Gasteiger partial charge in [0, 0.05) is 12.4 Å². The van der Waals surface area contributed by atoms with E-state index in [0.29, 0.717) is 63.6 Å². The van der Waals surface area contributed by atoms with Crippen LogP contribution in [0.15, 0.2) is 30.7 Å². The molecule has 12 heteroatoms. The van der Waals surface area contributed by atoms with Crippen molar-refractivity contribution in [3.05, 3.63) is 68.4 Å². The molecular weight excluding hydrogens is 554 g/mol. The van der Waals surface area contributed by atoms with Crippen molar-refractivity contribution in [2.45, 2.75) is 62.8 Å². The van der Waals surface area contributed by atoms with Gasteiger partial charge in [-0.1, -0.05) is 23.2 Å². The van der Waals surface area contributed by atoms with Crippen molar-refractivity contribution in [3.63, 3.8) is 0 Å². The van der Waals surface area contributed by atoms with Gasteiger partial charge in [0.05, 0.1) is 44.9 Å². The summed E-state index contributed by atoms with van der Waals surface area (Å²) in [7, 11) is 0. The molecule has 2 aliphatic rings. The van der Waals surface area contributed by atoms with E-state index in [1.807, 2.05) is 6.20 Å². The first-order valence-corrected chi connectivity index (χ1v) is 13.8. The molecule has 0 atom stereocenters. The minimum absolute atomic E-state index is 0.0797. The second-order valence-electron chi connectivity index (χ2n) is 9.86. The summed E-state index contributed by atoms with van der Waals surface area (Å²) in [5, 5.41) is 26.3. The molecule has 0 aliphatic heterocycles. The molecule has 0 saturated heterocycles. The van der Waals surface area contributed by atoms with E-state index in [-0.39, 0.29) is 17.2 Å². The number of rotatable bonds is 7. The van der Waals surface area contributed by atoms with Gasteiger partial charge in [-0.05, 0) is 62.1 Å². The second kappa shape index (κ2) is 9.84. The smallest absolute Gasteiger partial charge is 0.335 e. The summed E-state index contributed by atoms with van der Waals surface area (Å²) in [5.74, 6) is -1.48.